The van der Waals surface area contributed by atoms with Crippen LogP contribution in [0.2, 0.25) is 0 Å². The average Bonchev–Trinajstić information content (AvgIpc) is 2.67. The molecule has 0 aliphatic heterocycles. The number of carbonyl (C=O) groups excluding carboxylic acids is 1. The third-order valence-electron chi connectivity index (χ3n) is 4.58. The van der Waals surface area contributed by atoms with Gasteiger partial charge in [-0.2, -0.15) is 0 Å². The number of hydrogen-bond acceptors (Lipinski definition) is 8. The van der Waals surface area contributed by atoms with E-state index in [4.69, 9.17) is 0 Å². The van der Waals surface area contributed by atoms with Crippen LogP contribution in [-0.2, 0) is 4.79 Å². The molecule has 0 aliphatic carbocycles. The van der Waals surface area contributed by atoms with Gasteiger partial charge in [0.05, 0.1) is 23.8 Å². The van der Waals surface area contributed by atoms with Crippen molar-refractivity contribution in [1.82, 2.24) is 0 Å². The van der Waals surface area contributed by atoms with E-state index in [-0.39, 0.29) is 30.5 Å². The summed E-state index contributed by atoms with van der Waals surface area (Å²) in [5.74, 6) is -0.320. The van der Waals surface area contributed by atoms with Crippen LogP contribution in [0.25, 0.3) is 0 Å². The molecule has 2 aromatic carbocycles. The Balaban J connectivity index is 2.58. The van der Waals surface area contributed by atoms with Gasteiger partial charge in [-0.25, -0.2) is 0 Å². The van der Waals surface area contributed by atoms with E-state index in [0.29, 0.717) is 35.7 Å². The molecule has 0 fully saturated rings. The third kappa shape index (κ3) is 6.06. The number of nitrogens with one attached hydrogen (secondary N) is 1. The van der Waals surface area contributed by atoms with Crippen LogP contribution in [-0.4, -0.2) is 47.3 Å². The highest BCUT2D eigenvalue weighted by Gasteiger charge is 2.18. The largest absolute Gasteiger partial charge is 0.395 e. The minimum atomic E-state index is -0.501. The van der Waals surface area contributed by atoms with Gasteiger partial charge in [0.1, 0.15) is 5.69 Å². The second-order valence-electron chi connectivity index (χ2n) is 7.18. The van der Waals surface area contributed by atoms with E-state index in [9.17, 15) is 25.1 Å². The summed E-state index contributed by atoms with van der Waals surface area (Å²) in [6, 6.07) is 6.60. The van der Waals surface area contributed by atoms with E-state index < -0.39 is 4.92 Å². The van der Waals surface area contributed by atoms with Gasteiger partial charge >= 0.3 is 0 Å². The summed E-state index contributed by atoms with van der Waals surface area (Å²) in [5, 5.41) is 41.1. The van der Waals surface area contributed by atoms with Gasteiger partial charge < -0.3 is 20.4 Å². The van der Waals surface area contributed by atoms with Crippen LogP contribution in [0.4, 0.5) is 28.4 Å². The molecule has 0 spiro atoms. The number of nitro benzene ring substituents is 1. The van der Waals surface area contributed by atoms with Crippen molar-refractivity contribution >= 4 is 34.3 Å². The van der Waals surface area contributed by atoms with Crippen LogP contribution < -0.4 is 10.2 Å². The lowest BCUT2D eigenvalue weighted by Crippen LogP contribution is -2.30. The van der Waals surface area contributed by atoms with E-state index in [1.165, 1.54) is 13.0 Å². The summed E-state index contributed by atoms with van der Waals surface area (Å²) in [5.41, 5.74) is 3.55. The molecule has 166 valence electrons. The number of rotatable bonds is 9. The van der Waals surface area contributed by atoms with E-state index in [0.717, 1.165) is 11.1 Å². The minimum absolute atomic E-state index is 0.104. The zero-order chi connectivity index (χ0) is 23.1. The predicted molar refractivity (Wildman–Crippen MR) is 119 cm³/mol. The second-order valence-corrected chi connectivity index (χ2v) is 7.18. The molecule has 0 unspecified atom stereocenters. The smallest absolute Gasteiger partial charge is 0.297 e. The first-order chi connectivity index (χ1) is 14.7. The molecule has 31 heavy (non-hydrogen) atoms. The molecular formula is C21H27N5O5. The molecule has 0 saturated heterocycles. The quantitative estimate of drug-likeness (QED) is 0.315. The lowest BCUT2D eigenvalue weighted by Gasteiger charge is -2.26. The van der Waals surface area contributed by atoms with E-state index >= 15 is 0 Å². The van der Waals surface area contributed by atoms with Gasteiger partial charge in [0, 0.05) is 31.8 Å². The predicted octanol–water partition coefficient (Wildman–Crippen LogP) is 3.68. The van der Waals surface area contributed by atoms with Crippen LogP contribution in [0.1, 0.15) is 23.6 Å². The fraction of sp³-hybridized carbons (Fsp3) is 0.381. The minimum Gasteiger partial charge on any atom is -0.395 e. The molecular weight excluding hydrogens is 402 g/mol. The molecule has 0 saturated carbocycles. The lowest BCUT2D eigenvalue weighted by molar-refractivity contribution is -0.384. The summed E-state index contributed by atoms with van der Waals surface area (Å²) in [4.78, 5) is 24.5. The Hall–Kier alpha value is -3.37. The molecule has 1 amide bonds. The number of hydrogen-bond donors (Lipinski definition) is 3. The van der Waals surface area contributed by atoms with Crippen LogP contribution in [0.3, 0.4) is 0 Å². The Morgan fingerprint density at radius 3 is 2.26 bits per heavy atom. The van der Waals surface area contributed by atoms with Crippen molar-refractivity contribution in [2.45, 2.75) is 27.7 Å². The highest BCUT2D eigenvalue weighted by Crippen LogP contribution is 2.37. The first-order valence-corrected chi connectivity index (χ1v) is 9.74. The number of benzene rings is 2. The van der Waals surface area contributed by atoms with Gasteiger partial charge in [-0.05, 0) is 49.6 Å². The molecule has 2 aromatic rings. The van der Waals surface area contributed by atoms with Crippen molar-refractivity contribution in [2.24, 2.45) is 10.2 Å². The molecule has 0 aliphatic rings. The summed E-state index contributed by atoms with van der Waals surface area (Å²) in [7, 11) is 0. The number of nitrogens with zero attached hydrogens (tertiary/aromatic N) is 4. The SMILES string of the molecule is CC(=O)Nc1cc(N(CCO)CCO)c(C)cc1N=Nc1c(C)cc(C)cc1[N+](=O)[O-]. The molecule has 0 atom stereocenters. The Bertz CT molecular complexity index is 1000. The summed E-state index contributed by atoms with van der Waals surface area (Å²) in [6.07, 6.45) is 0. The first kappa shape index (κ1) is 23.9. The molecule has 2 rings (SSSR count). The Morgan fingerprint density at radius 2 is 1.71 bits per heavy atom. The van der Waals surface area contributed by atoms with Gasteiger partial charge in [-0.15, -0.1) is 10.2 Å². The lowest BCUT2D eigenvalue weighted by atomic mass is 10.1. The Morgan fingerprint density at radius 1 is 1.06 bits per heavy atom. The van der Waals surface area contributed by atoms with Crippen molar-refractivity contribution in [1.29, 1.82) is 0 Å². The summed E-state index contributed by atoms with van der Waals surface area (Å²) in [6.45, 7) is 7.07. The topological polar surface area (TPSA) is 141 Å². The van der Waals surface area contributed by atoms with Crippen LogP contribution >= 0.6 is 0 Å². The highest BCUT2D eigenvalue weighted by atomic mass is 16.6. The number of aliphatic hydroxyl groups is 2. The highest BCUT2D eigenvalue weighted by molar-refractivity contribution is 5.93. The molecule has 10 nitrogen and oxygen atoms in total. The normalized spacial score (nSPS) is 11.0. The van der Waals surface area contributed by atoms with E-state index in [1.807, 2.05) is 6.92 Å². The Kier molecular flexibility index (Phi) is 8.17. The number of nitro groups is 1. The third-order valence-corrected chi connectivity index (χ3v) is 4.58. The van der Waals surface area contributed by atoms with Crippen molar-refractivity contribution < 1.29 is 19.9 Å². The van der Waals surface area contributed by atoms with Crippen LogP contribution in [0, 0.1) is 30.9 Å². The van der Waals surface area contributed by atoms with E-state index in [1.54, 1.807) is 36.9 Å². The second kappa shape index (κ2) is 10.6. The number of amides is 1. The standard InChI is InChI=1S/C21H27N5O5/c1-13-9-15(3)21(20(10-13)26(30)31)24-23-18-11-14(2)19(12-17(18)22-16(4)29)25(5-7-27)6-8-28/h9-12,27-28H,5-8H2,1-4H3,(H,22,29). The van der Waals surface area contributed by atoms with Crippen LogP contribution in [0.5, 0.6) is 0 Å². The van der Waals surface area contributed by atoms with Crippen molar-refractivity contribution in [3.05, 3.63) is 51.1 Å². The van der Waals surface area contributed by atoms with Crippen LogP contribution in [0.15, 0.2) is 34.5 Å². The van der Waals surface area contributed by atoms with Gasteiger partial charge in [0.2, 0.25) is 5.91 Å². The fourth-order valence-electron chi connectivity index (χ4n) is 3.30. The van der Waals surface area contributed by atoms with Crippen molar-refractivity contribution in [2.75, 3.05) is 36.5 Å². The molecule has 3 N–H and O–H groups in total. The maximum absolute atomic E-state index is 11.7. The Labute approximate surface area is 180 Å². The van der Waals surface area contributed by atoms with Crippen molar-refractivity contribution in [3.63, 3.8) is 0 Å². The number of anilines is 2. The fourth-order valence-corrected chi connectivity index (χ4v) is 3.30. The van der Waals surface area contributed by atoms with Gasteiger partial charge in [-0.3, -0.25) is 14.9 Å². The first-order valence-electron chi connectivity index (χ1n) is 9.74. The van der Waals surface area contributed by atoms with E-state index in [2.05, 4.69) is 15.5 Å². The zero-order valence-electron chi connectivity index (χ0n) is 18.0. The maximum Gasteiger partial charge on any atom is 0.297 e. The summed E-state index contributed by atoms with van der Waals surface area (Å²) < 4.78 is 0. The maximum atomic E-state index is 11.7. The molecule has 10 heteroatoms. The average molecular weight is 429 g/mol. The van der Waals surface area contributed by atoms with Gasteiger partial charge in [0.15, 0.2) is 5.69 Å². The molecule has 0 radical (unpaired) electrons. The van der Waals surface area contributed by atoms with Gasteiger partial charge in [0.25, 0.3) is 5.69 Å². The number of carbonyl (C=O) groups is 1. The zero-order valence-corrected chi connectivity index (χ0v) is 18.0. The molecule has 0 heterocycles. The molecule has 0 aromatic heterocycles. The van der Waals surface area contributed by atoms with Crippen molar-refractivity contribution in [3.8, 4) is 0 Å². The number of aliphatic hydroxyl groups excluding tert-OH is 2. The number of azo groups is 1. The summed E-state index contributed by atoms with van der Waals surface area (Å²) >= 11 is 0. The molecule has 0 bridgehead atoms. The monoisotopic (exact) mass is 429 g/mol. The number of aryl methyl sites for hydroxylation is 3. The van der Waals surface area contributed by atoms with Gasteiger partial charge in [-0.1, -0.05) is 6.07 Å².